The first-order valence-electron chi connectivity index (χ1n) is 13.4. The molecule has 41 heavy (non-hydrogen) atoms. The van der Waals surface area contributed by atoms with Gasteiger partial charge in [-0.05, 0) is 50.5 Å². The minimum absolute atomic E-state index is 0.0860. The first kappa shape index (κ1) is 27.4. The van der Waals surface area contributed by atoms with Gasteiger partial charge in [0.15, 0.2) is 0 Å². The molecule has 11 nitrogen and oxygen atoms in total. The molecule has 1 aliphatic heterocycles. The van der Waals surface area contributed by atoms with Gasteiger partial charge in [0.05, 0.1) is 31.2 Å². The minimum Gasteiger partial charge on any atom is -0.496 e. The number of carbonyl (C=O) groups is 1. The second-order valence-corrected chi connectivity index (χ2v) is 11.5. The van der Waals surface area contributed by atoms with Gasteiger partial charge in [-0.3, -0.25) is 14.2 Å². The first-order valence-corrected chi connectivity index (χ1v) is 14.2. The maximum Gasteiger partial charge on any atom is 0.332 e. The second-order valence-electron chi connectivity index (χ2n) is 10.6. The summed E-state index contributed by atoms with van der Waals surface area (Å²) >= 11 is 1.23. The van der Waals surface area contributed by atoms with E-state index in [1.807, 2.05) is 0 Å². The number of rotatable bonds is 8. The van der Waals surface area contributed by atoms with Crippen LogP contribution in [0.3, 0.4) is 0 Å². The monoisotopic (exact) mass is 583 g/mol. The van der Waals surface area contributed by atoms with Crippen molar-refractivity contribution in [2.24, 2.45) is 0 Å². The molecule has 4 heterocycles. The lowest BCUT2D eigenvalue weighted by molar-refractivity contribution is -0.129. The van der Waals surface area contributed by atoms with Crippen LogP contribution in [0.2, 0.25) is 0 Å². The number of aliphatic hydroxyl groups excluding tert-OH is 1. The van der Waals surface area contributed by atoms with Crippen LogP contribution in [0.5, 0.6) is 5.75 Å². The number of benzene rings is 1. The summed E-state index contributed by atoms with van der Waals surface area (Å²) < 4.78 is 30.5. The van der Waals surface area contributed by atoms with Crippen molar-refractivity contribution in [3.8, 4) is 10.8 Å². The number of methoxy groups -OCH3 is 1. The van der Waals surface area contributed by atoms with E-state index in [9.17, 15) is 23.9 Å². The van der Waals surface area contributed by atoms with Gasteiger partial charge in [0.1, 0.15) is 33.5 Å². The van der Waals surface area contributed by atoms with Crippen LogP contribution in [0.1, 0.15) is 42.5 Å². The molecule has 1 amide bonds. The number of nitrogens with zero attached hydrogens (tertiary/aromatic N) is 5. The Kier molecular flexibility index (Phi) is 7.04. The van der Waals surface area contributed by atoms with E-state index in [2.05, 4.69) is 5.10 Å². The number of thiophene rings is 1. The summed E-state index contributed by atoms with van der Waals surface area (Å²) in [6.45, 7) is 2.13. The molecule has 1 saturated carbocycles. The third-order valence-corrected chi connectivity index (χ3v) is 9.26. The fraction of sp³-hybridized carbons (Fsp3) is 0.429. The molecule has 1 saturated heterocycles. The zero-order valence-electron chi connectivity index (χ0n) is 22.8. The van der Waals surface area contributed by atoms with E-state index in [1.165, 1.54) is 46.1 Å². The normalized spacial score (nSPS) is 21.4. The molecule has 1 aliphatic carbocycles. The summed E-state index contributed by atoms with van der Waals surface area (Å²) in [5, 5.41) is 15.2. The highest BCUT2D eigenvalue weighted by atomic mass is 32.1. The van der Waals surface area contributed by atoms with Gasteiger partial charge in [-0.25, -0.2) is 18.4 Å². The molecule has 2 atom stereocenters. The Labute approximate surface area is 237 Å². The number of carbonyl (C=O) groups excluding carboxylic acids is 1. The molecule has 0 spiro atoms. The number of aliphatic hydroxyl groups is 1. The van der Waals surface area contributed by atoms with Crippen molar-refractivity contribution in [1.29, 1.82) is 0 Å². The van der Waals surface area contributed by atoms with Gasteiger partial charge in [-0.1, -0.05) is 11.3 Å². The molecule has 1 aromatic carbocycles. The molecule has 4 aromatic rings. The second kappa shape index (κ2) is 10.5. The number of aryl methyl sites for hydroxylation is 1. The summed E-state index contributed by atoms with van der Waals surface area (Å²) in [4.78, 5) is 43.1. The minimum atomic E-state index is -0.937. The van der Waals surface area contributed by atoms with E-state index < -0.39 is 35.3 Å². The van der Waals surface area contributed by atoms with Crippen LogP contribution < -0.4 is 16.0 Å². The molecule has 2 aliphatic rings. The highest BCUT2D eigenvalue weighted by Gasteiger charge is 2.36. The summed E-state index contributed by atoms with van der Waals surface area (Å²) in [5.74, 6) is -0.433. The average molecular weight is 584 g/mol. The lowest BCUT2D eigenvalue weighted by Gasteiger charge is -2.35. The SMILES string of the molecule is COc1ccc(F)cc1[C@H](Cn1c(=O)n([C@@H]2CCN(C)C2=O)c(=O)c2c(C)c(-n3cccn3)sc21)OC1CC(O)C1. The van der Waals surface area contributed by atoms with E-state index in [1.54, 1.807) is 37.1 Å². The van der Waals surface area contributed by atoms with Crippen molar-refractivity contribution in [2.45, 2.75) is 57.1 Å². The highest BCUT2D eigenvalue weighted by molar-refractivity contribution is 7.21. The summed E-state index contributed by atoms with van der Waals surface area (Å²) in [7, 11) is 3.11. The van der Waals surface area contributed by atoms with Gasteiger partial charge in [0, 0.05) is 37.1 Å². The number of ether oxygens (including phenoxy) is 2. The van der Waals surface area contributed by atoms with Gasteiger partial charge in [0.25, 0.3) is 5.56 Å². The van der Waals surface area contributed by atoms with Crippen molar-refractivity contribution in [2.75, 3.05) is 20.7 Å². The van der Waals surface area contributed by atoms with Gasteiger partial charge >= 0.3 is 5.69 Å². The standard InChI is InChI=1S/C28H30FN5O6S/c1-15-23-25(37)34(20-7-10-31(2)24(20)36)28(38)32(27(23)41-26(15)33-9-4-8-30-33)14-22(40-18-12-17(35)13-18)19-11-16(29)5-6-21(19)39-3/h4-6,8-9,11,17-18,20,22,35H,7,10,12-14H2,1-3H3/t17?,18?,20-,22+/m1/s1. The van der Waals surface area contributed by atoms with E-state index in [0.29, 0.717) is 57.9 Å². The molecular formula is C28H30FN5O6S. The maximum atomic E-state index is 14.5. The molecule has 1 N–H and O–H groups in total. The van der Waals surface area contributed by atoms with Crippen LogP contribution >= 0.6 is 11.3 Å². The van der Waals surface area contributed by atoms with Crippen LogP contribution in [-0.2, 0) is 16.1 Å². The van der Waals surface area contributed by atoms with Gasteiger partial charge < -0.3 is 19.5 Å². The summed E-state index contributed by atoms with van der Waals surface area (Å²) in [6, 6.07) is 4.90. The number of halogens is 1. The molecule has 6 rings (SSSR count). The maximum absolute atomic E-state index is 14.5. The average Bonchev–Trinajstić information content (AvgIpc) is 3.66. The Morgan fingerprint density at radius 1 is 1.24 bits per heavy atom. The third kappa shape index (κ3) is 4.67. The quantitative estimate of drug-likeness (QED) is 0.339. The molecular weight excluding hydrogens is 553 g/mol. The van der Waals surface area contributed by atoms with Crippen LogP contribution in [0, 0.1) is 12.7 Å². The van der Waals surface area contributed by atoms with E-state index in [0.717, 1.165) is 4.57 Å². The molecule has 13 heteroatoms. The smallest absolute Gasteiger partial charge is 0.332 e. The number of fused-ring (bicyclic) bond motifs is 1. The van der Waals surface area contributed by atoms with Crippen molar-refractivity contribution in [1.82, 2.24) is 23.8 Å². The number of amides is 1. The molecule has 0 bridgehead atoms. The number of hydrogen-bond donors (Lipinski definition) is 1. The molecule has 216 valence electrons. The Morgan fingerprint density at radius 3 is 2.66 bits per heavy atom. The summed E-state index contributed by atoms with van der Waals surface area (Å²) in [5.41, 5.74) is -0.168. The van der Waals surface area contributed by atoms with Crippen molar-refractivity contribution >= 4 is 27.5 Å². The molecule has 0 unspecified atom stereocenters. The zero-order chi connectivity index (χ0) is 29.0. The predicted molar refractivity (Wildman–Crippen MR) is 149 cm³/mol. The van der Waals surface area contributed by atoms with Crippen LogP contribution in [0.25, 0.3) is 15.2 Å². The number of hydrogen-bond acceptors (Lipinski definition) is 8. The number of likely N-dealkylation sites (N-methyl/N-ethyl adjacent to an activating group) is 1. The topological polar surface area (TPSA) is 121 Å². The Bertz CT molecular complexity index is 1740. The molecule has 0 radical (unpaired) electrons. The van der Waals surface area contributed by atoms with Crippen molar-refractivity contribution < 1.29 is 23.8 Å². The lowest BCUT2D eigenvalue weighted by Crippen LogP contribution is -2.45. The fourth-order valence-corrected chi connectivity index (χ4v) is 6.90. The van der Waals surface area contributed by atoms with Gasteiger partial charge in [-0.2, -0.15) is 5.10 Å². The van der Waals surface area contributed by atoms with Crippen molar-refractivity contribution in [3.63, 3.8) is 0 Å². The first-order chi connectivity index (χ1) is 19.7. The van der Waals surface area contributed by atoms with E-state index in [4.69, 9.17) is 9.47 Å². The Hall–Kier alpha value is -3.81. The highest BCUT2D eigenvalue weighted by Crippen LogP contribution is 2.37. The van der Waals surface area contributed by atoms with E-state index >= 15 is 0 Å². The van der Waals surface area contributed by atoms with Crippen LogP contribution in [0.4, 0.5) is 4.39 Å². The predicted octanol–water partition coefficient (Wildman–Crippen LogP) is 2.55. The molecule has 3 aromatic heterocycles. The van der Waals surface area contributed by atoms with Crippen LogP contribution in [-0.4, -0.2) is 67.7 Å². The van der Waals surface area contributed by atoms with Gasteiger partial charge in [0.2, 0.25) is 5.91 Å². The number of likely N-dealkylation sites (tertiary alicyclic amines) is 1. The Balaban J connectivity index is 1.57. The molecule has 2 fully saturated rings. The van der Waals surface area contributed by atoms with E-state index in [-0.39, 0.29) is 18.6 Å². The summed E-state index contributed by atoms with van der Waals surface area (Å²) in [6.07, 6.45) is 2.84. The Morgan fingerprint density at radius 2 is 2.02 bits per heavy atom. The van der Waals surface area contributed by atoms with Crippen LogP contribution in [0.15, 0.2) is 46.2 Å². The van der Waals surface area contributed by atoms with Crippen molar-refractivity contribution in [3.05, 3.63) is 74.4 Å². The fourth-order valence-electron chi connectivity index (χ4n) is 5.66. The zero-order valence-corrected chi connectivity index (χ0v) is 23.6. The third-order valence-electron chi connectivity index (χ3n) is 7.95. The van der Waals surface area contributed by atoms with Gasteiger partial charge in [-0.15, -0.1) is 0 Å². The largest absolute Gasteiger partial charge is 0.496 e. The lowest BCUT2D eigenvalue weighted by atomic mass is 9.92. The number of aromatic nitrogens is 4.